The molecule has 2 heterocycles. The second-order valence-electron chi connectivity index (χ2n) is 6.48. The Morgan fingerprint density at radius 1 is 1.03 bits per heavy atom. The molecule has 0 saturated carbocycles. The van der Waals surface area contributed by atoms with Gasteiger partial charge in [-0.3, -0.25) is 4.79 Å². The molecule has 0 bridgehead atoms. The van der Waals surface area contributed by atoms with E-state index >= 15 is 0 Å². The summed E-state index contributed by atoms with van der Waals surface area (Å²) in [6, 6.07) is 10.7. The number of pyridine rings is 1. The average Bonchev–Trinajstić information content (AvgIpc) is 3.00. The van der Waals surface area contributed by atoms with Crippen LogP contribution in [0.1, 0.15) is 5.69 Å². The van der Waals surface area contributed by atoms with E-state index in [1.54, 1.807) is 31.3 Å². The zero-order valence-corrected chi connectivity index (χ0v) is 15.3. The first kappa shape index (κ1) is 18.7. The van der Waals surface area contributed by atoms with Gasteiger partial charge in [-0.1, -0.05) is 12.1 Å². The molecule has 0 radical (unpaired) electrons. The molecule has 4 rings (SSSR count). The molecular formula is C21H15F3N4O. The minimum Gasteiger partial charge on any atom is -0.322 e. The van der Waals surface area contributed by atoms with E-state index in [4.69, 9.17) is 0 Å². The van der Waals surface area contributed by atoms with Gasteiger partial charge in [-0.05, 0) is 48.4 Å². The topological polar surface area (TPSA) is 59.8 Å². The average molecular weight is 396 g/mol. The predicted molar refractivity (Wildman–Crippen MR) is 103 cm³/mol. The Morgan fingerprint density at radius 3 is 2.48 bits per heavy atom. The molecule has 0 atom stereocenters. The molecule has 0 spiro atoms. The Morgan fingerprint density at radius 2 is 1.76 bits per heavy atom. The Balaban J connectivity index is 1.66. The number of nitrogens with zero attached hydrogens (tertiary/aromatic N) is 3. The molecular weight excluding hydrogens is 381 g/mol. The first-order chi connectivity index (χ1) is 13.9. The maximum absolute atomic E-state index is 13.8. The number of benzene rings is 2. The number of aromatic nitrogens is 3. The van der Waals surface area contributed by atoms with Crippen molar-refractivity contribution in [3.05, 3.63) is 77.9 Å². The minimum atomic E-state index is -0.864. The van der Waals surface area contributed by atoms with Crippen molar-refractivity contribution in [1.82, 2.24) is 14.8 Å². The van der Waals surface area contributed by atoms with Gasteiger partial charge in [0, 0.05) is 17.6 Å². The summed E-state index contributed by atoms with van der Waals surface area (Å²) in [4.78, 5) is 16.7. The predicted octanol–water partition coefficient (Wildman–Crippen LogP) is 4.46. The summed E-state index contributed by atoms with van der Waals surface area (Å²) in [7, 11) is 0. The highest BCUT2D eigenvalue weighted by atomic mass is 19.1. The van der Waals surface area contributed by atoms with Gasteiger partial charge in [0.1, 0.15) is 24.0 Å². The zero-order chi connectivity index (χ0) is 20.5. The van der Waals surface area contributed by atoms with Crippen LogP contribution in [0.3, 0.4) is 0 Å². The monoisotopic (exact) mass is 396 g/mol. The zero-order valence-electron chi connectivity index (χ0n) is 15.3. The number of halogens is 3. The summed E-state index contributed by atoms with van der Waals surface area (Å²) in [6.07, 6.45) is 1.58. The molecule has 1 N–H and O–H groups in total. The van der Waals surface area contributed by atoms with Crippen molar-refractivity contribution in [2.75, 3.05) is 5.32 Å². The third-order valence-corrected chi connectivity index (χ3v) is 4.46. The lowest BCUT2D eigenvalue weighted by Gasteiger charge is -2.08. The van der Waals surface area contributed by atoms with Gasteiger partial charge in [-0.2, -0.15) is 5.10 Å². The van der Waals surface area contributed by atoms with E-state index in [0.29, 0.717) is 17.4 Å². The van der Waals surface area contributed by atoms with E-state index in [2.05, 4.69) is 15.4 Å². The molecule has 8 heteroatoms. The SMILES string of the molecule is Cc1nn(CC(=O)Nc2ccc(F)cc2F)c2nccc(-c3ccc(F)cc3)c12. The van der Waals surface area contributed by atoms with E-state index in [1.165, 1.54) is 16.8 Å². The molecule has 4 aromatic rings. The fraction of sp³-hybridized carbons (Fsp3) is 0.0952. The lowest BCUT2D eigenvalue weighted by molar-refractivity contribution is -0.116. The van der Waals surface area contributed by atoms with Gasteiger partial charge in [0.15, 0.2) is 5.65 Å². The summed E-state index contributed by atoms with van der Waals surface area (Å²) in [5, 5.41) is 7.51. The molecule has 0 aliphatic carbocycles. The van der Waals surface area contributed by atoms with Crippen LogP contribution < -0.4 is 5.32 Å². The Hall–Kier alpha value is -3.68. The first-order valence-electron chi connectivity index (χ1n) is 8.75. The van der Waals surface area contributed by atoms with Crippen molar-refractivity contribution >= 4 is 22.6 Å². The second kappa shape index (κ2) is 7.38. The summed E-state index contributed by atoms with van der Waals surface area (Å²) in [5.74, 6) is -2.46. The van der Waals surface area contributed by atoms with E-state index in [0.717, 1.165) is 28.6 Å². The Kier molecular flexibility index (Phi) is 4.75. The van der Waals surface area contributed by atoms with Crippen molar-refractivity contribution in [3.8, 4) is 11.1 Å². The van der Waals surface area contributed by atoms with Crippen LogP contribution in [0.25, 0.3) is 22.2 Å². The van der Waals surface area contributed by atoms with Crippen LogP contribution in [-0.4, -0.2) is 20.7 Å². The highest BCUT2D eigenvalue weighted by Crippen LogP contribution is 2.30. The van der Waals surface area contributed by atoms with Crippen molar-refractivity contribution in [1.29, 1.82) is 0 Å². The van der Waals surface area contributed by atoms with Gasteiger partial charge in [-0.15, -0.1) is 0 Å². The number of hydrogen-bond acceptors (Lipinski definition) is 3. The van der Waals surface area contributed by atoms with Crippen molar-refractivity contribution in [3.63, 3.8) is 0 Å². The van der Waals surface area contributed by atoms with E-state index in [1.807, 2.05) is 0 Å². The third kappa shape index (κ3) is 3.69. The highest BCUT2D eigenvalue weighted by molar-refractivity contribution is 5.96. The molecule has 5 nitrogen and oxygen atoms in total. The molecule has 1 amide bonds. The van der Waals surface area contributed by atoms with Gasteiger partial charge >= 0.3 is 0 Å². The number of rotatable bonds is 4. The van der Waals surface area contributed by atoms with Gasteiger partial charge in [-0.25, -0.2) is 22.8 Å². The Bertz CT molecular complexity index is 1220. The van der Waals surface area contributed by atoms with Gasteiger partial charge < -0.3 is 5.32 Å². The lowest BCUT2D eigenvalue weighted by atomic mass is 10.0. The van der Waals surface area contributed by atoms with Crippen molar-refractivity contribution in [2.24, 2.45) is 0 Å². The fourth-order valence-electron chi connectivity index (χ4n) is 3.18. The number of hydrogen-bond donors (Lipinski definition) is 1. The van der Waals surface area contributed by atoms with Crippen LogP contribution in [0.15, 0.2) is 54.7 Å². The molecule has 0 unspecified atom stereocenters. The number of carbonyl (C=O) groups is 1. The van der Waals surface area contributed by atoms with Crippen LogP contribution in [0.5, 0.6) is 0 Å². The van der Waals surface area contributed by atoms with Gasteiger partial charge in [0.05, 0.1) is 11.4 Å². The number of aryl methyl sites for hydroxylation is 1. The number of nitrogens with one attached hydrogen (secondary N) is 1. The van der Waals surface area contributed by atoms with Crippen molar-refractivity contribution in [2.45, 2.75) is 13.5 Å². The number of carbonyl (C=O) groups excluding carboxylic acids is 1. The van der Waals surface area contributed by atoms with Gasteiger partial charge in [0.2, 0.25) is 5.91 Å². The second-order valence-corrected chi connectivity index (χ2v) is 6.48. The van der Waals surface area contributed by atoms with Crippen LogP contribution in [0, 0.1) is 24.4 Å². The first-order valence-corrected chi connectivity index (χ1v) is 8.75. The maximum atomic E-state index is 13.8. The highest BCUT2D eigenvalue weighted by Gasteiger charge is 2.17. The lowest BCUT2D eigenvalue weighted by Crippen LogP contribution is -2.20. The number of fused-ring (bicyclic) bond motifs is 1. The maximum Gasteiger partial charge on any atom is 0.246 e. The molecule has 146 valence electrons. The quantitative estimate of drug-likeness (QED) is 0.554. The summed E-state index contributed by atoms with van der Waals surface area (Å²) >= 11 is 0. The normalized spacial score (nSPS) is 11.0. The van der Waals surface area contributed by atoms with E-state index in [9.17, 15) is 18.0 Å². The van der Waals surface area contributed by atoms with Crippen LogP contribution >= 0.6 is 0 Å². The molecule has 0 aliphatic heterocycles. The molecule has 0 aliphatic rings. The third-order valence-electron chi connectivity index (χ3n) is 4.46. The smallest absolute Gasteiger partial charge is 0.246 e. The fourth-order valence-corrected chi connectivity index (χ4v) is 3.18. The largest absolute Gasteiger partial charge is 0.322 e. The number of amides is 1. The van der Waals surface area contributed by atoms with Crippen LogP contribution in [0.4, 0.5) is 18.9 Å². The minimum absolute atomic E-state index is 0.121. The van der Waals surface area contributed by atoms with Crippen LogP contribution in [-0.2, 0) is 11.3 Å². The Labute approximate surface area is 163 Å². The van der Waals surface area contributed by atoms with E-state index in [-0.39, 0.29) is 18.0 Å². The standard InChI is InChI=1S/C21H15F3N4O/c1-12-20-16(13-2-4-14(22)5-3-13)8-9-25-21(20)28(27-12)11-19(29)26-18-7-6-15(23)10-17(18)24/h2-10H,11H2,1H3,(H,26,29). The van der Waals surface area contributed by atoms with Crippen LogP contribution in [0.2, 0.25) is 0 Å². The summed E-state index contributed by atoms with van der Waals surface area (Å²) in [5.41, 5.74) is 2.60. The number of anilines is 1. The molecule has 2 aromatic heterocycles. The molecule has 29 heavy (non-hydrogen) atoms. The summed E-state index contributed by atoms with van der Waals surface area (Å²) < 4.78 is 41.4. The molecule has 0 saturated heterocycles. The summed E-state index contributed by atoms with van der Waals surface area (Å²) in [6.45, 7) is 1.58. The molecule has 2 aromatic carbocycles. The van der Waals surface area contributed by atoms with Crippen molar-refractivity contribution < 1.29 is 18.0 Å². The van der Waals surface area contributed by atoms with Gasteiger partial charge in [0.25, 0.3) is 0 Å². The molecule has 0 fully saturated rings. The van der Waals surface area contributed by atoms with E-state index < -0.39 is 17.5 Å².